The molecule has 3 aromatic rings. The number of methoxy groups -OCH3 is 1. The van der Waals surface area contributed by atoms with Gasteiger partial charge in [-0.15, -0.1) is 0 Å². The van der Waals surface area contributed by atoms with Gasteiger partial charge in [0.05, 0.1) is 7.11 Å². The van der Waals surface area contributed by atoms with Gasteiger partial charge in [-0.3, -0.25) is 4.79 Å². The van der Waals surface area contributed by atoms with Crippen molar-refractivity contribution in [2.24, 2.45) is 5.92 Å². The Morgan fingerprint density at radius 1 is 1.07 bits per heavy atom. The van der Waals surface area contributed by atoms with Gasteiger partial charge in [-0.2, -0.15) is 14.6 Å². The van der Waals surface area contributed by atoms with Crippen molar-refractivity contribution in [3.63, 3.8) is 0 Å². The summed E-state index contributed by atoms with van der Waals surface area (Å²) >= 11 is 0. The number of hydrogen-bond acceptors (Lipinski definition) is 6. The van der Waals surface area contributed by atoms with Crippen LogP contribution in [-0.4, -0.2) is 63.7 Å². The molecule has 1 amide bonds. The molecule has 1 saturated carbocycles. The van der Waals surface area contributed by atoms with Gasteiger partial charge < -0.3 is 14.5 Å². The zero-order chi connectivity index (χ0) is 19.8. The highest BCUT2D eigenvalue weighted by Gasteiger charge is 2.32. The normalized spacial score (nSPS) is 17.4. The average Bonchev–Trinajstić information content (AvgIpc) is 3.21. The molecule has 2 fully saturated rings. The Labute approximate surface area is 169 Å². The first-order valence-electron chi connectivity index (χ1n) is 10.1. The fourth-order valence-corrected chi connectivity index (χ4v) is 4.10. The van der Waals surface area contributed by atoms with Crippen molar-refractivity contribution in [3.05, 3.63) is 36.8 Å². The first-order chi connectivity index (χ1) is 14.2. The van der Waals surface area contributed by atoms with E-state index in [4.69, 9.17) is 4.74 Å². The van der Waals surface area contributed by atoms with E-state index in [0.717, 1.165) is 61.7 Å². The number of amides is 1. The van der Waals surface area contributed by atoms with E-state index in [9.17, 15) is 4.79 Å². The number of rotatable bonds is 4. The van der Waals surface area contributed by atoms with Crippen LogP contribution in [0.15, 0.2) is 36.8 Å². The van der Waals surface area contributed by atoms with Gasteiger partial charge in [0.25, 0.3) is 5.78 Å². The predicted molar refractivity (Wildman–Crippen MR) is 109 cm³/mol. The number of fused-ring (bicyclic) bond motifs is 1. The summed E-state index contributed by atoms with van der Waals surface area (Å²) < 4.78 is 7.08. The lowest BCUT2D eigenvalue weighted by atomic mass is 9.84. The average molecular weight is 392 g/mol. The van der Waals surface area contributed by atoms with Gasteiger partial charge in [0.15, 0.2) is 0 Å². The minimum atomic E-state index is 0.249. The number of aromatic nitrogens is 4. The number of hydrogen-bond donors (Lipinski definition) is 0. The molecule has 8 heteroatoms. The standard InChI is InChI=1S/C21H24N6O2/c1-29-17-7-5-15(6-8-17)18-13-22-21-23-14-24-27(21)19(18)25-9-11-26(12-10-25)20(28)16-3-2-4-16/h5-8,13-14,16H,2-4,9-12H2,1H3. The molecule has 0 unspecified atom stereocenters. The van der Waals surface area contributed by atoms with Gasteiger partial charge in [-0.05, 0) is 30.5 Å². The molecule has 0 radical (unpaired) electrons. The summed E-state index contributed by atoms with van der Waals surface area (Å²) in [5.74, 6) is 2.93. The van der Waals surface area contributed by atoms with E-state index in [2.05, 4.69) is 20.0 Å². The van der Waals surface area contributed by atoms with E-state index in [1.807, 2.05) is 35.4 Å². The smallest absolute Gasteiger partial charge is 0.254 e. The molecule has 1 aromatic carbocycles. The minimum Gasteiger partial charge on any atom is -0.497 e. The Kier molecular flexibility index (Phi) is 4.54. The van der Waals surface area contributed by atoms with Crippen LogP contribution < -0.4 is 9.64 Å². The number of nitrogens with zero attached hydrogens (tertiary/aromatic N) is 6. The van der Waals surface area contributed by atoms with Crippen LogP contribution in [0.2, 0.25) is 0 Å². The van der Waals surface area contributed by atoms with Crippen LogP contribution in [-0.2, 0) is 4.79 Å². The molecule has 2 aromatic heterocycles. The summed E-state index contributed by atoms with van der Waals surface area (Å²) in [6, 6.07) is 7.94. The molecule has 0 atom stereocenters. The Balaban J connectivity index is 1.45. The SMILES string of the molecule is COc1ccc(-c2cnc3ncnn3c2N2CCN(C(=O)C3CCC3)CC2)cc1. The lowest BCUT2D eigenvalue weighted by molar-refractivity contribution is -0.138. The summed E-state index contributed by atoms with van der Waals surface area (Å²) in [5.41, 5.74) is 2.03. The monoisotopic (exact) mass is 392 g/mol. The van der Waals surface area contributed by atoms with Gasteiger partial charge in [-0.1, -0.05) is 18.6 Å². The van der Waals surface area contributed by atoms with Crippen LogP contribution in [0.3, 0.4) is 0 Å². The fraction of sp³-hybridized carbons (Fsp3) is 0.429. The first-order valence-corrected chi connectivity index (χ1v) is 10.1. The number of ether oxygens (including phenoxy) is 1. The van der Waals surface area contributed by atoms with Crippen LogP contribution in [0.4, 0.5) is 5.82 Å². The Bertz CT molecular complexity index is 1020. The summed E-state index contributed by atoms with van der Waals surface area (Å²) in [5, 5.41) is 4.41. The number of piperazine rings is 1. The van der Waals surface area contributed by atoms with Crippen molar-refractivity contribution < 1.29 is 9.53 Å². The van der Waals surface area contributed by atoms with Crippen molar-refractivity contribution in [2.75, 3.05) is 38.2 Å². The van der Waals surface area contributed by atoms with E-state index in [-0.39, 0.29) is 5.92 Å². The van der Waals surface area contributed by atoms with Gasteiger partial charge in [0.2, 0.25) is 5.91 Å². The molecular formula is C21H24N6O2. The highest BCUT2D eigenvalue weighted by Crippen LogP contribution is 2.33. The zero-order valence-electron chi connectivity index (χ0n) is 16.5. The third kappa shape index (κ3) is 3.18. The maximum absolute atomic E-state index is 12.6. The number of carbonyl (C=O) groups is 1. The highest BCUT2D eigenvalue weighted by molar-refractivity contribution is 5.80. The lowest BCUT2D eigenvalue weighted by Gasteiger charge is -2.39. The van der Waals surface area contributed by atoms with E-state index in [1.165, 1.54) is 12.7 Å². The Hall–Kier alpha value is -3.16. The van der Waals surface area contributed by atoms with Crippen molar-refractivity contribution in [3.8, 4) is 16.9 Å². The number of benzene rings is 1. The third-order valence-corrected chi connectivity index (χ3v) is 6.03. The van der Waals surface area contributed by atoms with Crippen molar-refractivity contribution >= 4 is 17.5 Å². The first kappa shape index (κ1) is 17.9. The van der Waals surface area contributed by atoms with Crippen molar-refractivity contribution in [1.82, 2.24) is 24.5 Å². The second-order valence-electron chi connectivity index (χ2n) is 7.64. The number of carbonyl (C=O) groups excluding carboxylic acids is 1. The molecule has 1 saturated heterocycles. The highest BCUT2D eigenvalue weighted by atomic mass is 16.5. The minimum absolute atomic E-state index is 0.249. The van der Waals surface area contributed by atoms with Gasteiger partial charge in [0.1, 0.15) is 17.9 Å². The molecule has 0 N–H and O–H groups in total. The predicted octanol–water partition coefficient (Wildman–Crippen LogP) is 2.25. The van der Waals surface area contributed by atoms with E-state index < -0.39 is 0 Å². The molecule has 1 aliphatic heterocycles. The number of anilines is 1. The van der Waals surface area contributed by atoms with Crippen LogP contribution >= 0.6 is 0 Å². The molecule has 3 heterocycles. The zero-order valence-corrected chi connectivity index (χ0v) is 16.5. The Morgan fingerprint density at radius 2 is 1.83 bits per heavy atom. The van der Waals surface area contributed by atoms with E-state index in [1.54, 1.807) is 11.6 Å². The van der Waals surface area contributed by atoms with E-state index in [0.29, 0.717) is 11.7 Å². The molecule has 8 nitrogen and oxygen atoms in total. The second-order valence-corrected chi connectivity index (χ2v) is 7.64. The Morgan fingerprint density at radius 3 is 2.48 bits per heavy atom. The maximum atomic E-state index is 12.6. The molecule has 150 valence electrons. The molecule has 29 heavy (non-hydrogen) atoms. The molecule has 0 bridgehead atoms. The van der Waals surface area contributed by atoms with Crippen LogP contribution in [0.5, 0.6) is 5.75 Å². The molecule has 2 aliphatic rings. The second kappa shape index (κ2) is 7.35. The summed E-state index contributed by atoms with van der Waals surface area (Å²) in [6.45, 7) is 2.99. The quantitative estimate of drug-likeness (QED) is 0.678. The van der Waals surface area contributed by atoms with Gasteiger partial charge in [-0.25, -0.2) is 4.98 Å². The van der Waals surface area contributed by atoms with Crippen LogP contribution in [0.25, 0.3) is 16.9 Å². The van der Waals surface area contributed by atoms with Crippen molar-refractivity contribution in [1.29, 1.82) is 0 Å². The van der Waals surface area contributed by atoms with Gasteiger partial charge >= 0.3 is 0 Å². The molecular weight excluding hydrogens is 368 g/mol. The molecule has 5 rings (SSSR count). The summed E-state index contributed by atoms with van der Waals surface area (Å²) in [6.07, 6.45) is 6.66. The lowest BCUT2D eigenvalue weighted by Crippen LogP contribution is -2.51. The van der Waals surface area contributed by atoms with Crippen molar-refractivity contribution in [2.45, 2.75) is 19.3 Å². The summed E-state index contributed by atoms with van der Waals surface area (Å²) in [7, 11) is 1.66. The third-order valence-electron chi connectivity index (χ3n) is 6.03. The molecule has 1 aliphatic carbocycles. The van der Waals surface area contributed by atoms with Crippen LogP contribution in [0.1, 0.15) is 19.3 Å². The van der Waals surface area contributed by atoms with Crippen LogP contribution in [0, 0.1) is 5.92 Å². The topological polar surface area (TPSA) is 75.9 Å². The van der Waals surface area contributed by atoms with E-state index >= 15 is 0 Å². The fourth-order valence-electron chi connectivity index (χ4n) is 4.10. The summed E-state index contributed by atoms with van der Waals surface area (Å²) in [4.78, 5) is 25.6. The molecule has 0 spiro atoms. The maximum Gasteiger partial charge on any atom is 0.254 e. The largest absolute Gasteiger partial charge is 0.497 e. The van der Waals surface area contributed by atoms with Gasteiger partial charge in [0, 0.05) is 43.9 Å².